The maximum Gasteiger partial charge on any atom is 0.145 e. The summed E-state index contributed by atoms with van der Waals surface area (Å²) < 4.78 is 1.86. The van der Waals surface area contributed by atoms with Crippen LogP contribution in [0.2, 0.25) is 16.6 Å². The standard InChI is InChI=1S/C51H48BrClN2Si.C32H34BrClN2/c1-50(2,3)36-25-23-35(24-26-36)45-21-11-12-22-46(45)55-41-16-14-20-44(34-41)56(7,42-17-9-8-10-18-42)43-19-13-15-40(33-43)54(47-31-38(53)32-48(55)49(47)52)39-29-27-37(28-30-39)51(4,5)6;1-31(2,3)22-13-11-21(12-14-22)26-9-7-8-10-27(26)36-29-20-24(34)19-28(30(29)33)35-25-17-15-23(16-18-25)32(4,5)6/h8-34H,1-7H3;7-20,35-36H,1-6H3. The molecule has 0 amide bonds. The summed E-state index contributed by atoms with van der Waals surface area (Å²) >= 11 is 21.8. The van der Waals surface area contributed by atoms with Gasteiger partial charge in [-0.3, -0.25) is 0 Å². The van der Waals surface area contributed by atoms with Crippen LogP contribution in [0.25, 0.3) is 22.3 Å². The van der Waals surface area contributed by atoms with Crippen molar-refractivity contribution < 1.29 is 0 Å². The van der Waals surface area contributed by atoms with Crippen LogP contribution in [0.4, 0.5) is 56.9 Å². The predicted octanol–water partition coefficient (Wildman–Crippen LogP) is 24.6. The lowest BCUT2D eigenvalue weighted by molar-refractivity contribution is 0.590. The summed E-state index contributed by atoms with van der Waals surface area (Å²) in [5.41, 5.74) is 20.2. The molecule has 6 bridgehead atoms. The fourth-order valence-corrected chi connectivity index (χ4v) is 17.2. The van der Waals surface area contributed by atoms with Crippen molar-refractivity contribution in [1.82, 2.24) is 0 Å². The molecule has 9 heteroatoms. The third-order valence-electron chi connectivity index (χ3n) is 17.7. The highest BCUT2D eigenvalue weighted by atomic mass is 79.9. The lowest BCUT2D eigenvalue weighted by Crippen LogP contribution is -2.64. The first-order chi connectivity index (χ1) is 43.6. The number of para-hydroxylation sites is 2. The molecule has 11 aromatic carbocycles. The summed E-state index contributed by atoms with van der Waals surface area (Å²) in [6.07, 6.45) is 0. The summed E-state index contributed by atoms with van der Waals surface area (Å²) in [5.74, 6) is 0. The number of rotatable bonds is 9. The van der Waals surface area contributed by atoms with Gasteiger partial charge >= 0.3 is 0 Å². The summed E-state index contributed by atoms with van der Waals surface area (Å²) in [5, 5.41) is 12.5. The Morgan fingerprint density at radius 2 is 0.728 bits per heavy atom. The van der Waals surface area contributed by atoms with Gasteiger partial charge in [-0.25, -0.2) is 0 Å². The van der Waals surface area contributed by atoms with Gasteiger partial charge in [0.2, 0.25) is 0 Å². The Morgan fingerprint density at radius 3 is 1.25 bits per heavy atom. The van der Waals surface area contributed by atoms with Crippen molar-refractivity contribution in [2.45, 2.75) is 111 Å². The Morgan fingerprint density at radius 1 is 0.326 bits per heavy atom. The molecular formula is C83H82Br2Cl2N4Si. The van der Waals surface area contributed by atoms with Crippen LogP contribution >= 0.6 is 55.1 Å². The van der Waals surface area contributed by atoms with E-state index in [2.05, 4.69) is 372 Å². The van der Waals surface area contributed by atoms with E-state index in [4.69, 9.17) is 23.2 Å². The minimum Gasteiger partial charge on any atom is -0.354 e. The number of fused-ring (bicyclic) bond motifs is 6. The molecule has 1 heterocycles. The van der Waals surface area contributed by atoms with Gasteiger partial charge in [0.05, 0.1) is 37.4 Å². The van der Waals surface area contributed by atoms with Crippen LogP contribution in [-0.2, 0) is 21.7 Å². The molecule has 11 aromatic rings. The second-order valence-electron chi connectivity index (χ2n) is 28.4. The lowest BCUT2D eigenvalue weighted by atomic mass is 9.86. The smallest absolute Gasteiger partial charge is 0.145 e. The van der Waals surface area contributed by atoms with Gasteiger partial charge in [-0.05, 0) is 187 Å². The molecule has 0 fully saturated rings. The minimum absolute atomic E-state index is 0.0287. The molecule has 92 heavy (non-hydrogen) atoms. The Bertz CT molecular complexity index is 4430. The Hall–Kier alpha value is -7.62. The van der Waals surface area contributed by atoms with Gasteiger partial charge < -0.3 is 20.4 Å². The van der Waals surface area contributed by atoms with Gasteiger partial charge in [0.15, 0.2) is 0 Å². The zero-order chi connectivity index (χ0) is 65.5. The highest BCUT2D eigenvalue weighted by molar-refractivity contribution is 9.11. The fourth-order valence-electron chi connectivity index (χ4n) is 12.2. The van der Waals surface area contributed by atoms with Gasteiger partial charge in [-0.1, -0.05) is 277 Å². The maximum atomic E-state index is 7.26. The first-order valence-corrected chi connectivity index (χ1v) is 36.5. The van der Waals surface area contributed by atoms with Crippen LogP contribution < -0.4 is 36.0 Å². The molecule has 0 aromatic heterocycles. The third kappa shape index (κ3) is 14.1. The molecule has 0 saturated carbocycles. The van der Waals surface area contributed by atoms with Crippen LogP contribution in [-0.4, -0.2) is 8.07 Å². The number of hydrogen-bond donors (Lipinski definition) is 2. The van der Waals surface area contributed by atoms with Crippen LogP contribution in [0, 0.1) is 0 Å². The first kappa shape index (κ1) is 65.9. The fraction of sp³-hybridized carbons (Fsp3) is 0.205. The normalized spacial score (nSPS) is 14.1. The maximum absolute atomic E-state index is 7.26. The second-order valence-corrected chi connectivity index (χ2v) is 34.9. The number of halogens is 4. The van der Waals surface area contributed by atoms with E-state index in [1.807, 2.05) is 18.2 Å². The predicted molar refractivity (Wildman–Crippen MR) is 410 cm³/mol. The summed E-state index contributed by atoms with van der Waals surface area (Å²) in [4.78, 5) is 4.76. The Balaban J connectivity index is 0.000000208. The topological polar surface area (TPSA) is 30.5 Å². The molecule has 0 spiro atoms. The Kier molecular flexibility index (Phi) is 18.9. The first-order valence-electron chi connectivity index (χ1n) is 31.7. The van der Waals surface area contributed by atoms with E-state index in [-0.39, 0.29) is 21.7 Å². The molecule has 1 aliphatic heterocycles. The van der Waals surface area contributed by atoms with E-state index in [0.29, 0.717) is 10.0 Å². The van der Waals surface area contributed by atoms with Gasteiger partial charge in [0.25, 0.3) is 0 Å². The van der Waals surface area contributed by atoms with Crippen LogP contribution in [0.15, 0.2) is 258 Å². The monoisotopic (exact) mass is 1390 g/mol. The molecule has 0 radical (unpaired) electrons. The van der Waals surface area contributed by atoms with Crippen molar-refractivity contribution in [2.24, 2.45) is 0 Å². The number of hydrogen-bond acceptors (Lipinski definition) is 4. The summed E-state index contributed by atoms with van der Waals surface area (Å²) in [6.45, 7) is 29.4. The molecule has 1 unspecified atom stereocenters. The summed E-state index contributed by atoms with van der Waals surface area (Å²) in [7, 11) is -2.57. The third-order valence-corrected chi connectivity index (χ3v) is 24.2. The van der Waals surface area contributed by atoms with Crippen LogP contribution in [0.1, 0.15) is 105 Å². The molecule has 466 valence electrons. The number of anilines is 10. The molecule has 1 aliphatic rings. The van der Waals surface area contributed by atoms with Gasteiger partial charge in [0.1, 0.15) is 8.07 Å². The zero-order valence-electron chi connectivity index (χ0n) is 55.1. The largest absolute Gasteiger partial charge is 0.354 e. The van der Waals surface area contributed by atoms with E-state index < -0.39 is 8.07 Å². The van der Waals surface area contributed by atoms with E-state index in [1.54, 1.807) is 0 Å². The van der Waals surface area contributed by atoms with Crippen molar-refractivity contribution in [2.75, 3.05) is 20.4 Å². The SMILES string of the molecule is CC(C)(C)c1ccc(-c2ccccc2N2c3cccc(c3)[Si](C)(c3ccccc3)c3cccc(c3)N(c3ccc(C(C)(C)C)cc3)c3cc(Cl)cc2c3Br)cc1.CC(C)(C)c1ccc(Nc2cc(Cl)cc(Nc3ccccc3-c3ccc(C(C)(C)C)cc3)c2Br)cc1. The molecular weight excluding hydrogens is 1310 g/mol. The average molecular weight is 1390 g/mol. The minimum atomic E-state index is -2.57. The van der Waals surface area contributed by atoms with Crippen molar-refractivity contribution in [1.29, 1.82) is 0 Å². The van der Waals surface area contributed by atoms with Gasteiger partial charge in [0, 0.05) is 49.6 Å². The Labute approximate surface area is 575 Å². The van der Waals surface area contributed by atoms with E-state index in [0.717, 1.165) is 82.5 Å². The van der Waals surface area contributed by atoms with E-state index in [9.17, 15) is 0 Å². The van der Waals surface area contributed by atoms with Crippen molar-refractivity contribution in [3.63, 3.8) is 0 Å². The summed E-state index contributed by atoms with van der Waals surface area (Å²) in [6, 6.07) is 90.1. The lowest BCUT2D eigenvalue weighted by Gasteiger charge is -2.36. The van der Waals surface area contributed by atoms with E-state index in [1.165, 1.54) is 43.4 Å². The number of nitrogens with zero attached hydrogens (tertiary/aromatic N) is 2. The second kappa shape index (κ2) is 26.4. The molecule has 1 atom stereocenters. The molecule has 0 saturated heterocycles. The van der Waals surface area contributed by atoms with Crippen molar-refractivity contribution >= 4 is 136 Å². The molecule has 0 aliphatic carbocycles. The molecule has 4 nitrogen and oxygen atoms in total. The quantitative estimate of drug-likeness (QED) is 0.141. The number of nitrogens with one attached hydrogen (secondary N) is 2. The van der Waals surface area contributed by atoms with Gasteiger partial charge in [-0.2, -0.15) is 0 Å². The molecule has 2 N–H and O–H groups in total. The van der Waals surface area contributed by atoms with Crippen LogP contribution in [0.5, 0.6) is 0 Å². The van der Waals surface area contributed by atoms with Gasteiger partial charge in [-0.15, -0.1) is 0 Å². The number of benzene rings is 11. The van der Waals surface area contributed by atoms with Crippen molar-refractivity contribution in [3.8, 4) is 22.3 Å². The zero-order valence-corrected chi connectivity index (χ0v) is 60.8. The average Bonchev–Trinajstić information content (AvgIpc) is 0.742. The van der Waals surface area contributed by atoms with Crippen molar-refractivity contribution in [3.05, 3.63) is 290 Å². The van der Waals surface area contributed by atoms with E-state index >= 15 is 0 Å². The molecule has 12 rings (SSSR count). The highest BCUT2D eigenvalue weighted by Gasteiger charge is 2.37. The van der Waals surface area contributed by atoms with Crippen LogP contribution in [0.3, 0.4) is 0 Å². The highest BCUT2D eigenvalue weighted by Crippen LogP contribution is 2.51.